The van der Waals surface area contributed by atoms with E-state index in [4.69, 9.17) is 0 Å². The topological polar surface area (TPSA) is 49.4 Å². The Morgan fingerprint density at radius 1 is 1.21 bits per heavy atom. The standard InChI is InChI=1S/C14H24N2O2S/c1-13(2)12(18)16(9-10-19-3)14(11(17)15-13)7-5-4-6-8-14/h4-10H2,1-3H3,(H,15,17). The molecule has 1 aliphatic heterocycles. The fourth-order valence-corrected chi connectivity index (χ4v) is 3.60. The minimum Gasteiger partial charge on any atom is -0.340 e. The van der Waals surface area contributed by atoms with Crippen LogP contribution < -0.4 is 5.32 Å². The smallest absolute Gasteiger partial charge is 0.248 e. The zero-order valence-electron chi connectivity index (χ0n) is 12.1. The van der Waals surface area contributed by atoms with Crippen LogP contribution in [0.3, 0.4) is 0 Å². The Hall–Kier alpha value is -0.710. The largest absolute Gasteiger partial charge is 0.340 e. The molecule has 5 heteroatoms. The van der Waals surface area contributed by atoms with Crippen molar-refractivity contribution in [2.75, 3.05) is 18.6 Å². The van der Waals surface area contributed by atoms with E-state index in [0.29, 0.717) is 6.54 Å². The third kappa shape index (κ3) is 2.49. The number of hydrogen-bond acceptors (Lipinski definition) is 3. The lowest BCUT2D eigenvalue weighted by atomic mass is 9.76. The third-order valence-corrected chi connectivity index (χ3v) is 4.94. The number of rotatable bonds is 3. The Balaban J connectivity index is 2.32. The van der Waals surface area contributed by atoms with Crippen LogP contribution in [0.4, 0.5) is 0 Å². The molecular formula is C14H24N2O2S. The lowest BCUT2D eigenvalue weighted by Gasteiger charge is -2.52. The molecule has 4 nitrogen and oxygen atoms in total. The molecule has 0 unspecified atom stereocenters. The fourth-order valence-electron chi connectivity index (χ4n) is 3.24. The third-order valence-electron chi connectivity index (χ3n) is 4.34. The van der Waals surface area contributed by atoms with Gasteiger partial charge in [-0.2, -0.15) is 11.8 Å². The monoisotopic (exact) mass is 284 g/mol. The second kappa shape index (κ2) is 5.35. The number of nitrogens with one attached hydrogen (secondary N) is 1. The maximum absolute atomic E-state index is 12.7. The van der Waals surface area contributed by atoms with E-state index in [-0.39, 0.29) is 11.8 Å². The molecule has 0 bridgehead atoms. The molecule has 0 aromatic heterocycles. The number of carbonyl (C=O) groups is 2. The molecule has 1 N–H and O–H groups in total. The summed E-state index contributed by atoms with van der Waals surface area (Å²) in [5.74, 6) is 1.01. The normalized spacial score (nSPS) is 25.5. The van der Waals surface area contributed by atoms with Crippen LogP contribution >= 0.6 is 11.8 Å². The summed E-state index contributed by atoms with van der Waals surface area (Å²) in [5.41, 5.74) is -1.33. The average molecular weight is 284 g/mol. The molecule has 0 aromatic carbocycles. The number of nitrogens with zero attached hydrogens (tertiary/aromatic N) is 1. The highest BCUT2D eigenvalue weighted by Crippen LogP contribution is 2.38. The Kier molecular flexibility index (Phi) is 4.14. The Labute approximate surface area is 119 Å². The van der Waals surface area contributed by atoms with Gasteiger partial charge in [-0.1, -0.05) is 19.3 Å². The van der Waals surface area contributed by atoms with Gasteiger partial charge in [0.1, 0.15) is 11.1 Å². The van der Waals surface area contributed by atoms with Crippen LogP contribution in [0, 0.1) is 0 Å². The van der Waals surface area contributed by atoms with Gasteiger partial charge in [-0.25, -0.2) is 0 Å². The van der Waals surface area contributed by atoms with Gasteiger partial charge in [0.05, 0.1) is 0 Å². The Morgan fingerprint density at radius 2 is 1.84 bits per heavy atom. The van der Waals surface area contributed by atoms with Crippen molar-refractivity contribution in [3.8, 4) is 0 Å². The van der Waals surface area contributed by atoms with Gasteiger partial charge in [0, 0.05) is 12.3 Å². The molecule has 19 heavy (non-hydrogen) atoms. The van der Waals surface area contributed by atoms with E-state index in [2.05, 4.69) is 5.32 Å². The average Bonchev–Trinajstić information content (AvgIpc) is 2.38. The molecule has 1 heterocycles. The summed E-state index contributed by atoms with van der Waals surface area (Å²) in [4.78, 5) is 27.1. The maximum atomic E-state index is 12.7. The van der Waals surface area contributed by atoms with Crippen LogP contribution in [-0.2, 0) is 9.59 Å². The van der Waals surface area contributed by atoms with Gasteiger partial charge in [0.15, 0.2) is 0 Å². The molecule has 1 spiro atoms. The first-order chi connectivity index (χ1) is 8.94. The summed E-state index contributed by atoms with van der Waals surface area (Å²) in [6, 6.07) is 0. The van der Waals surface area contributed by atoms with E-state index in [1.165, 1.54) is 6.42 Å². The first kappa shape index (κ1) is 14.7. The van der Waals surface area contributed by atoms with Gasteiger partial charge in [0.25, 0.3) is 0 Å². The molecule has 108 valence electrons. The minimum atomic E-state index is -0.766. The zero-order valence-corrected chi connectivity index (χ0v) is 12.9. The van der Waals surface area contributed by atoms with Crippen molar-refractivity contribution in [3.05, 3.63) is 0 Å². The molecule has 0 radical (unpaired) electrons. The van der Waals surface area contributed by atoms with Crippen LogP contribution in [0.1, 0.15) is 46.0 Å². The van der Waals surface area contributed by atoms with Crippen molar-refractivity contribution in [1.82, 2.24) is 10.2 Å². The zero-order chi connectivity index (χ0) is 14.1. The lowest BCUT2D eigenvalue weighted by molar-refractivity contribution is -0.163. The van der Waals surface area contributed by atoms with Crippen molar-refractivity contribution < 1.29 is 9.59 Å². The molecule has 2 aliphatic rings. The maximum Gasteiger partial charge on any atom is 0.248 e. The summed E-state index contributed by atoms with van der Waals surface area (Å²) in [6.07, 6.45) is 6.91. The highest BCUT2D eigenvalue weighted by molar-refractivity contribution is 7.98. The summed E-state index contributed by atoms with van der Waals surface area (Å²) in [5, 5.41) is 2.94. The van der Waals surface area contributed by atoms with Crippen molar-refractivity contribution in [2.24, 2.45) is 0 Å². The first-order valence-corrected chi connectivity index (χ1v) is 8.47. The van der Waals surface area contributed by atoms with Gasteiger partial charge >= 0.3 is 0 Å². The van der Waals surface area contributed by atoms with Gasteiger partial charge in [-0.05, 0) is 32.9 Å². The molecule has 0 aromatic rings. The number of carbonyl (C=O) groups excluding carboxylic acids is 2. The van der Waals surface area contributed by atoms with Crippen LogP contribution in [0.5, 0.6) is 0 Å². The summed E-state index contributed by atoms with van der Waals surface area (Å²) >= 11 is 1.72. The van der Waals surface area contributed by atoms with E-state index in [1.54, 1.807) is 25.6 Å². The lowest BCUT2D eigenvalue weighted by Crippen LogP contribution is -2.74. The SMILES string of the molecule is CSCCN1C(=O)C(C)(C)NC(=O)C12CCCCC2. The van der Waals surface area contributed by atoms with Crippen LogP contribution in [0.2, 0.25) is 0 Å². The van der Waals surface area contributed by atoms with E-state index >= 15 is 0 Å². The molecule has 1 aliphatic carbocycles. The number of hydrogen-bond donors (Lipinski definition) is 1. The summed E-state index contributed by atoms with van der Waals surface area (Å²) in [6.45, 7) is 4.28. The highest BCUT2D eigenvalue weighted by Gasteiger charge is 2.54. The Morgan fingerprint density at radius 3 is 2.42 bits per heavy atom. The Bertz CT molecular complexity index is 376. The quantitative estimate of drug-likeness (QED) is 0.859. The molecule has 1 saturated heterocycles. The van der Waals surface area contributed by atoms with E-state index in [9.17, 15) is 9.59 Å². The predicted octanol–water partition coefficient (Wildman–Crippen LogP) is 1.79. The highest BCUT2D eigenvalue weighted by atomic mass is 32.2. The van der Waals surface area contributed by atoms with E-state index in [0.717, 1.165) is 31.4 Å². The van der Waals surface area contributed by atoms with Crippen molar-refractivity contribution >= 4 is 23.6 Å². The summed E-state index contributed by atoms with van der Waals surface area (Å²) in [7, 11) is 0. The minimum absolute atomic E-state index is 0.0536. The van der Waals surface area contributed by atoms with Crippen molar-refractivity contribution in [2.45, 2.75) is 57.0 Å². The van der Waals surface area contributed by atoms with Gasteiger partial charge in [-0.15, -0.1) is 0 Å². The predicted molar refractivity (Wildman–Crippen MR) is 78.1 cm³/mol. The van der Waals surface area contributed by atoms with Gasteiger partial charge in [0.2, 0.25) is 11.8 Å². The van der Waals surface area contributed by atoms with Crippen LogP contribution in [0.15, 0.2) is 0 Å². The molecule has 2 amide bonds. The van der Waals surface area contributed by atoms with Gasteiger partial charge in [-0.3, -0.25) is 9.59 Å². The van der Waals surface area contributed by atoms with Crippen molar-refractivity contribution in [1.29, 1.82) is 0 Å². The number of piperazine rings is 1. The van der Waals surface area contributed by atoms with E-state index < -0.39 is 11.1 Å². The molecule has 2 fully saturated rings. The molecule has 1 saturated carbocycles. The number of amides is 2. The van der Waals surface area contributed by atoms with Crippen LogP contribution in [0.25, 0.3) is 0 Å². The van der Waals surface area contributed by atoms with Crippen LogP contribution in [-0.4, -0.2) is 46.3 Å². The molecule has 2 rings (SSSR count). The molecule has 0 atom stereocenters. The fraction of sp³-hybridized carbons (Fsp3) is 0.857. The second-order valence-electron chi connectivity index (χ2n) is 6.12. The van der Waals surface area contributed by atoms with Crippen molar-refractivity contribution in [3.63, 3.8) is 0 Å². The second-order valence-corrected chi connectivity index (χ2v) is 7.11. The molecular weight excluding hydrogens is 260 g/mol. The first-order valence-electron chi connectivity index (χ1n) is 7.08. The number of thioether (sulfide) groups is 1. The summed E-state index contributed by atoms with van der Waals surface area (Å²) < 4.78 is 0. The van der Waals surface area contributed by atoms with E-state index in [1.807, 2.05) is 11.2 Å². The van der Waals surface area contributed by atoms with Gasteiger partial charge < -0.3 is 10.2 Å².